The lowest BCUT2D eigenvalue weighted by molar-refractivity contribution is 0.0971. The lowest BCUT2D eigenvalue weighted by Gasteiger charge is -2.26. The second kappa shape index (κ2) is 10.4. The molecule has 0 N–H and O–H groups in total. The SMILES string of the molecule is CCCCOc1ccc(C2c3c(oc4ccc(Br)cc4c3=O)C(=O)N2c2ccc(CC)cc2)cc1OC. The van der Waals surface area contributed by atoms with Crippen LogP contribution >= 0.6 is 15.9 Å². The first-order chi connectivity index (χ1) is 18.0. The van der Waals surface area contributed by atoms with Crippen LogP contribution in [-0.4, -0.2) is 19.6 Å². The van der Waals surface area contributed by atoms with Crippen molar-refractivity contribution in [1.82, 2.24) is 0 Å². The van der Waals surface area contributed by atoms with Gasteiger partial charge in [0.25, 0.3) is 5.91 Å². The smallest absolute Gasteiger partial charge is 0.295 e. The summed E-state index contributed by atoms with van der Waals surface area (Å²) in [7, 11) is 1.58. The number of benzene rings is 3. The first kappa shape index (κ1) is 25.1. The molecule has 6 nitrogen and oxygen atoms in total. The molecule has 0 fully saturated rings. The summed E-state index contributed by atoms with van der Waals surface area (Å²) < 4.78 is 18.4. The summed E-state index contributed by atoms with van der Waals surface area (Å²) in [6.45, 7) is 4.77. The standard InChI is InChI=1S/C30H28BrNO5/c1-4-6-15-36-24-13-9-19(16-25(24)35-3)27-26-28(33)22-17-20(31)10-14-23(22)37-29(26)30(34)32(27)21-11-7-18(5-2)8-12-21/h7-14,16-17,27H,4-6,15H2,1-3H3. The summed E-state index contributed by atoms with van der Waals surface area (Å²) in [4.78, 5) is 29.3. The van der Waals surface area contributed by atoms with E-state index in [0.29, 0.717) is 40.3 Å². The molecule has 1 atom stereocenters. The van der Waals surface area contributed by atoms with E-state index in [1.54, 1.807) is 30.2 Å². The Balaban J connectivity index is 1.70. The molecule has 1 unspecified atom stereocenters. The van der Waals surface area contributed by atoms with Gasteiger partial charge in [-0.2, -0.15) is 0 Å². The summed E-state index contributed by atoms with van der Waals surface area (Å²) in [6, 6.07) is 17.9. The average Bonchev–Trinajstić information content (AvgIpc) is 3.21. The van der Waals surface area contributed by atoms with Gasteiger partial charge in [0.05, 0.1) is 30.7 Å². The molecule has 5 rings (SSSR count). The number of aryl methyl sites for hydroxylation is 1. The Kier molecular flexibility index (Phi) is 7.07. The van der Waals surface area contributed by atoms with Crippen molar-refractivity contribution < 1.29 is 18.7 Å². The van der Waals surface area contributed by atoms with Crippen molar-refractivity contribution in [2.75, 3.05) is 18.6 Å². The maximum atomic E-state index is 13.9. The van der Waals surface area contributed by atoms with Crippen LogP contribution in [0, 0.1) is 0 Å². The van der Waals surface area contributed by atoms with E-state index < -0.39 is 6.04 Å². The molecular formula is C30H28BrNO5. The molecule has 0 spiro atoms. The zero-order valence-corrected chi connectivity index (χ0v) is 22.6. The van der Waals surface area contributed by atoms with Gasteiger partial charge >= 0.3 is 0 Å². The van der Waals surface area contributed by atoms with E-state index in [4.69, 9.17) is 13.9 Å². The van der Waals surface area contributed by atoms with E-state index in [-0.39, 0.29) is 17.1 Å². The van der Waals surface area contributed by atoms with E-state index >= 15 is 0 Å². The molecule has 0 bridgehead atoms. The molecule has 1 amide bonds. The molecule has 1 aliphatic rings. The van der Waals surface area contributed by atoms with Crippen LogP contribution in [0.25, 0.3) is 11.0 Å². The summed E-state index contributed by atoms with van der Waals surface area (Å²) in [5.41, 5.74) is 3.03. The molecule has 0 saturated heterocycles. The Morgan fingerprint density at radius 1 is 0.973 bits per heavy atom. The van der Waals surface area contributed by atoms with E-state index in [2.05, 4.69) is 29.8 Å². The van der Waals surface area contributed by atoms with E-state index in [0.717, 1.165) is 34.9 Å². The molecule has 0 saturated carbocycles. The van der Waals surface area contributed by atoms with Gasteiger partial charge in [-0.25, -0.2) is 0 Å². The molecule has 0 aliphatic carbocycles. The largest absolute Gasteiger partial charge is 0.493 e. The van der Waals surface area contributed by atoms with Gasteiger partial charge in [0.15, 0.2) is 16.9 Å². The molecule has 1 aliphatic heterocycles. The summed E-state index contributed by atoms with van der Waals surface area (Å²) >= 11 is 3.45. The highest BCUT2D eigenvalue weighted by molar-refractivity contribution is 9.10. The maximum Gasteiger partial charge on any atom is 0.295 e. The number of rotatable bonds is 8. The third kappa shape index (κ3) is 4.53. The van der Waals surface area contributed by atoms with Gasteiger partial charge in [0.1, 0.15) is 5.58 Å². The fourth-order valence-corrected chi connectivity index (χ4v) is 5.08. The second-order valence-electron chi connectivity index (χ2n) is 9.02. The first-order valence-corrected chi connectivity index (χ1v) is 13.3. The number of hydrogen-bond acceptors (Lipinski definition) is 5. The average molecular weight is 562 g/mol. The van der Waals surface area contributed by atoms with E-state index in [1.165, 1.54) is 0 Å². The Hall–Kier alpha value is -3.58. The quantitative estimate of drug-likeness (QED) is 0.215. The van der Waals surface area contributed by atoms with Crippen molar-refractivity contribution >= 4 is 38.5 Å². The highest BCUT2D eigenvalue weighted by Gasteiger charge is 2.44. The van der Waals surface area contributed by atoms with Crippen LogP contribution in [0.5, 0.6) is 11.5 Å². The number of carbonyl (C=O) groups is 1. The number of methoxy groups -OCH3 is 1. The summed E-state index contributed by atoms with van der Waals surface area (Å²) in [5.74, 6) is 0.876. The molecule has 7 heteroatoms. The Labute approximate surface area is 223 Å². The fraction of sp³-hybridized carbons (Fsp3) is 0.267. The first-order valence-electron chi connectivity index (χ1n) is 12.5. The zero-order valence-electron chi connectivity index (χ0n) is 21.0. The minimum atomic E-state index is -0.687. The van der Waals surface area contributed by atoms with Crippen molar-refractivity contribution in [3.05, 3.63) is 97.8 Å². The summed E-state index contributed by atoms with van der Waals surface area (Å²) in [6.07, 6.45) is 2.84. The van der Waals surface area contributed by atoms with Crippen molar-refractivity contribution in [3.63, 3.8) is 0 Å². The van der Waals surface area contributed by atoms with E-state index in [1.807, 2.05) is 42.5 Å². The highest BCUT2D eigenvalue weighted by Crippen LogP contribution is 2.43. The lowest BCUT2D eigenvalue weighted by atomic mass is 9.97. The number of unbranched alkanes of at least 4 members (excludes halogenated alkanes) is 1. The highest BCUT2D eigenvalue weighted by atomic mass is 79.9. The molecule has 0 radical (unpaired) electrons. The number of nitrogens with zero attached hydrogens (tertiary/aromatic N) is 1. The van der Waals surface area contributed by atoms with Gasteiger partial charge in [-0.15, -0.1) is 0 Å². The number of fused-ring (bicyclic) bond motifs is 2. The fourth-order valence-electron chi connectivity index (χ4n) is 4.72. The van der Waals surface area contributed by atoms with Crippen LogP contribution in [0.15, 0.2) is 74.3 Å². The number of halogens is 1. The van der Waals surface area contributed by atoms with Gasteiger partial charge in [0.2, 0.25) is 5.76 Å². The van der Waals surface area contributed by atoms with Crippen LogP contribution in [0.4, 0.5) is 5.69 Å². The Bertz CT molecular complexity index is 1530. The third-order valence-electron chi connectivity index (χ3n) is 6.71. The van der Waals surface area contributed by atoms with Crippen LogP contribution < -0.4 is 19.8 Å². The predicted octanol–water partition coefficient (Wildman–Crippen LogP) is 7.06. The molecule has 3 aromatic carbocycles. The minimum absolute atomic E-state index is 0.0617. The van der Waals surface area contributed by atoms with Gasteiger partial charge in [0, 0.05) is 10.2 Å². The molecule has 190 valence electrons. The van der Waals surface area contributed by atoms with Gasteiger partial charge in [-0.1, -0.05) is 54.4 Å². The third-order valence-corrected chi connectivity index (χ3v) is 7.21. The van der Waals surface area contributed by atoms with Gasteiger partial charge < -0.3 is 13.9 Å². The Morgan fingerprint density at radius 3 is 2.46 bits per heavy atom. The van der Waals surface area contributed by atoms with Crippen molar-refractivity contribution in [2.24, 2.45) is 0 Å². The van der Waals surface area contributed by atoms with Crippen molar-refractivity contribution in [3.8, 4) is 11.5 Å². The molecular weight excluding hydrogens is 534 g/mol. The monoisotopic (exact) mass is 561 g/mol. The molecule has 4 aromatic rings. The number of hydrogen-bond donors (Lipinski definition) is 0. The van der Waals surface area contributed by atoms with Gasteiger partial charge in [-0.3, -0.25) is 14.5 Å². The Morgan fingerprint density at radius 2 is 1.76 bits per heavy atom. The summed E-state index contributed by atoms with van der Waals surface area (Å²) in [5, 5.41) is 0.417. The number of anilines is 1. The second-order valence-corrected chi connectivity index (χ2v) is 9.94. The maximum absolute atomic E-state index is 13.9. The molecule has 2 heterocycles. The minimum Gasteiger partial charge on any atom is -0.493 e. The molecule has 37 heavy (non-hydrogen) atoms. The van der Waals surface area contributed by atoms with Crippen LogP contribution in [0.3, 0.4) is 0 Å². The lowest BCUT2D eigenvalue weighted by Crippen LogP contribution is -2.29. The number of carbonyl (C=O) groups excluding carboxylic acids is 1. The zero-order chi connectivity index (χ0) is 26.1. The van der Waals surface area contributed by atoms with Gasteiger partial charge in [-0.05, 0) is 66.4 Å². The number of amides is 1. The van der Waals surface area contributed by atoms with Crippen molar-refractivity contribution in [2.45, 2.75) is 39.2 Å². The van der Waals surface area contributed by atoms with Crippen molar-refractivity contribution in [1.29, 1.82) is 0 Å². The molecule has 1 aromatic heterocycles. The van der Waals surface area contributed by atoms with Crippen LogP contribution in [-0.2, 0) is 6.42 Å². The topological polar surface area (TPSA) is 69.0 Å². The van der Waals surface area contributed by atoms with E-state index in [9.17, 15) is 9.59 Å². The normalized spacial score (nSPS) is 14.8. The van der Waals surface area contributed by atoms with Crippen LogP contribution in [0.2, 0.25) is 0 Å². The number of ether oxygens (including phenoxy) is 2. The van der Waals surface area contributed by atoms with Crippen LogP contribution in [0.1, 0.15) is 60.0 Å². The predicted molar refractivity (Wildman–Crippen MR) is 148 cm³/mol.